The summed E-state index contributed by atoms with van der Waals surface area (Å²) in [5, 5.41) is 0. The van der Waals surface area contributed by atoms with E-state index in [-0.39, 0.29) is 0 Å². The highest BCUT2D eigenvalue weighted by Crippen LogP contribution is 1.86. The maximum Gasteiger partial charge on any atom is -0.0404 e. The van der Waals surface area contributed by atoms with Crippen LogP contribution in [0, 0.1) is 0 Å². The second-order valence-electron chi connectivity index (χ2n) is 1.44. The van der Waals surface area contributed by atoms with Crippen molar-refractivity contribution >= 4 is 0 Å². The summed E-state index contributed by atoms with van der Waals surface area (Å²) in [6.45, 7) is 19.1. The average molecular weight is 152 g/mol. The number of hydrogen-bond donors (Lipinski definition) is 0. The van der Waals surface area contributed by atoms with Gasteiger partial charge in [-0.3, -0.25) is 0 Å². The Bertz CT molecular complexity index is 107. The Morgan fingerprint density at radius 2 is 1.55 bits per heavy atom. The van der Waals surface area contributed by atoms with Crippen molar-refractivity contribution in [1.82, 2.24) is 0 Å². The van der Waals surface area contributed by atoms with E-state index in [1.807, 2.05) is 32.9 Å². The lowest BCUT2D eigenvalue weighted by Crippen LogP contribution is -1.55. The quantitative estimate of drug-likeness (QED) is 0.412. The molecule has 0 rings (SSSR count). The Labute approximate surface area is 71.6 Å². The second kappa shape index (κ2) is 23.1. The zero-order valence-corrected chi connectivity index (χ0v) is 8.06. The van der Waals surface area contributed by atoms with Gasteiger partial charge in [0.1, 0.15) is 0 Å². The maximum atomic E-state index is 3.66. The van der Waals surface area contributed by atoms with Crippen molar-refractivity contribution in [3.8, 4) is 0 Å². The van der Waals surface area contributed by atoms with E-state index in [4.69, 9.17) is 0 Å². The van der Waals surface area contributed by atoms with Crippen LogP contribution in [0.1, 0.15) is 20.8 Å². The maximum absolute atomic E-state index is 3.66. The molecule has 0 heterocycles. The molecule has 0 amide bonds. The summed E-state index contributed by atoms with van der Waals surface area (Å²) in [5.41, 5.74) is 1.06. The van der Waals surface area contributed by atoms with Gasteiger partial charge in [-0.05, 0) is 6.92 Å². The van der Waals surface area contributed by atoms with Crippen LogP contribution in [0.2, 0.25) is 0 Å². The van der Waals surface area contributed by atoms with E-state index in [9.17, 15) is 0 Å². The lowest BCUT2D eigenvalue weighted by molar-refractivity contribution is 1.50. The van der Waals surface area contributed by atoms with Crippen LogP contribution in [-0.4, -0.2) is 0 Å². The predicted octanol–water partition coefficient (Wildman–Crippen LogP) is 4.13. The average Bonchev–Trinajstić information content (AvgIpc) is 2.08. The molecule has 0 heteroatoms. The molecule has 0 spiro atoms. The molecule has 0 aromatic carbocycles. The van der Waals surface area contributed by atoms with Gasteiger partial charge in [-0.2, -0.15) is 0 Å². The van der Waals surface area contributed by atoms with Crippen LogP contribution >= 0.6 is 0 Å². The number of allylic oxidation sites excluding steroid dienone is 4. The first-order valence-electron chi connectivity index (χ1n) is 3.72. The molecule has 0 N–H and O–H groups in total. The zero-order valence-electron chi connectivity index (χ0n) is 8.06. The van der Waals surface area contributed by atoms with E-state index in [1.54, 1.807) is 6.08 Å². The van der Waals surface area contributed by atoms with Gasteiger partial charge in [0.15, 0.2) is 0 Å². The van der Waals surface area contributed by atoms with Crippen molar-refractivity contribution in [1.29, 1.82) is 0 Å². The third-order valence-electron chi connectivity index (χ3n) is 0.517. The molecule has 64 valence electrons. The fraction of sp³-hybridized carbons (Fsp3) is 0.273. The highest BCUT2D eigenvalue weighted by molar-refractivity contribution is 5.15. The van der Waals surface area contributed by atoms with Crippen LogP contribution in [0.3, 0.4) is 0 Å². The van der Waals surface area contributed by atoms with Gasteiger partial charge in [0.05, 0.1) is 0 Å². The van der Waals surface area contributed by atoms with Crippen molar-refractivity contribution in [3.63, 3.8) is 0 Å². The molecule has 0 atom stereocenters. The minimum Gasteiger partial charge on any atom is -0.106 e. The van der Waals surface area contributed by atoms with Crippen molar-refractivity contribution in [3.05, 3.63) is 50.1 Å². The molecule has 0 aromatic rings. The molecule has 0 aromatic heterocycles. The highest BCUT2D eigenvalue weighted by Gasteiger charge is 1.65. The topological polar surface area (TPSA) is 0 Å². The fourth-order valence-corrected chi connectivity index (χ4v) is 0.232. The lowest BCUT2D eigenvalue weighted by Gasteiger charge is -1.77. The van der Waals surface area contributed by atoms with Gasteiger partial charge in [-0.25, -0.2) is 0 Å². The minimum absolute atomic E-state index is 1.06. The fourth-order valence-electron chi connectivity index (χ4n) is 0.232. The van der Waals surface area contributed by atoms with E-state index in [1.165, 1.54) is 0 Å². The van der Waals surface area contributed by atoms with Crippen LogP contribution in [-0.2, 0) is 0 Å². The van der Waals surface area contributed by atoms with Gasteiger partial charge in [-0.1, -0.05) is 50.8 Å². The molecule has 0 bridgehead atoms. The monoisotopic (exact) mass is 152 g/mol. The van der Waals surface area contributed by atoms with Crippen molar-refractivity contribution in [2.24, 2.45) is 0 Å². The van der Waals surface area contributed by atoms with Gasteiger partial charge in [0, 0.05) is 0 Å². The first-order valence-corrected chi connectivity index (χ1v) is 3.72. The van der Waals surface area contributed by atoms with Crippen LogP contribution in [0.5, 0.6) is 0 Å². The lowest BCUT2D eigenvalue weighted by atomic mass is 10.3. The zero-order chi connectivity index (χ0) is 9.70. The molecule has 0 saturated heterocycles. The van der Waals surface area contributed by atoms with Crippen LogP contribution in [0.25, 0.3) is 0 Å². The van der Waals surface area contributed by atoms with Gasteiger partial charge in [-0.15, -0.1) is 13.2 Å². The standard InChI is InChI=1S/C7H10.C2H6.C2H4/c1-4-5-6-7(2)3;2*1-2/h4-6H,1-2H2,3H3;1-2H3;1-2H2/b6-5-;;. The Balaban J connectivity index is -0.000000138. The third-order valence-corrected chi connectivity index (χ3v) is 0.517. The van der Waals surface area contributed by atoms with Crippen molar-refractivity contribution in [2.75, 3.05) is 0 Å². The third kappa shape index (κ3) is 49.5. The summed E-state index contributed by atoms with van der Waals surface area (Å²) in [4.78, 5) is 0. The predicted molar refractivity (Wildman–Crippen MR) is 56.8 cm³/mol. The van der Waals surface area contributed by atoms with Crippen molar-refractivity contribution < 1.29 is 0 Å². The largest absolute Gasteiger partial charge is 0.106 e. The summed E-state index contributed by atoms with van der Waals surface area (Å²) in [6, 6.07) is 0. The smallest absolute Gasteiger partial charge is 0.0404 e. The summed E-state index contributed by atoms with van der Waals surface area (Å²) >= 11 is 0. The molecule has 0 saturated carbocycles. The molecule has 0 unspecified atom stereocenters. The molecule has 0 fully saturated rings. The molecule has 0 radical (unpaired) electrons. The minimum atomic E-state index is 1.06. The highest BCUT2D eigenvalue weighted by atomic mass is 13.7. The number of hydrogen-bond acceptors (Lipinski definition) is 0. The summed E-state index contributed by atoms with van der Waals surface area (Å²) in [5.74, 6) is 0. The van der Waals surface area contributed by atoms with Gasteiger partial charge >= 0.3 is 0 Å². The van der Waals surface area contributed by atoms with Crippen LogP contribution in [0.15, 0.2) is 50.1 Å². The first kappa shape index (κ1) is 16.5. The molecule has 0 aliphatic rings. The van der Waals surface area contributed by atoms with E-state index in [2.05, 4.69) is 26.3 Å². The molecule has 0 aliphatic carbocycles. The Hall–Kier alpha value is -1.04. The Kier molecular flexibility index (Phi) is 34.6. The van der Waals surface area contributed by atoms with Crippen molar-refractivity contribution in [2.45, 2.75) is 20.8 Å². The summed E-state index contributed by atoms with van der Waals surface area (Å²) < 4.78 is 0. The molecular formula is C11H20. The number of rotatable bonds is 2. The second-order valence-corrected chi connectivity index (χ2v) is 1.44. The van der Waals surface area contributed by atoms with E-state index >= 15 is 0 Å². The first-order chi connectivity index (χ1) is 5.27. The SMILES string of the molecule is C=C.C=C/C=C\C(=C)C.CC. The molecule has 0 aliphatic heterocycles. The Morgan fingerprint density at radius 1 is 1.18 bits per heavy atom. The van der Waals surface area contributed by atoms with Gasteiger partial charge in [0.2, 0.25) is 0 Å². The van der Waals surface area contributed by atoms with Crippen LogP contribution < -0.4 is 0 Å². The van der Waals surface area contributed by atoms with E-state index in [0.717, 1.165) is 5.57 Å². The summed E-state index contributed by atoms with van der Waals surface area (Å²) in [6.07, 6.45) is 5.50. The Morgan fingerprint density at radius 3 is 1.64 bits per heavy atom. The van der Waals surface area contributed by atoms with E-state index in [0.29, 0.717) is 0 Å². The van der Waals surface area contributed by atoms with Gasteiger partial charge < -0.3 is 0 Å². The van der Waals surface area contributed by atoms with Gasteiger partial charge in [0.25, 0.3) is 0 Å². The normalized spacial score (nSPS) is 6.82. The molecular weight excluding hydrogens is 132 g/mol. The molecule has 0 nitrogen and oxygen atoms in total. The summed E-state index contributed by atoms with van der Waals surface area (Å²) in [7, 11) is 0. The van der Waals surface area contributed by atoms with Crippen LogP contribution in [0.4, 0.5) is 0 Å². The van der Waals surface area contributed by atoms with E-state index < -0.39 is 0 Å². The molecule has 11 heavy (non-hydrogen) atoms.